The van der Waals surface area contributed by atoms with Gasteiger partial charge in [0.2, 0.25) is 0 Å². The number of carbonyl (C=O) groups excluding carboxylic acids is 1. The highest BCUT2D eigenvalue weighted by Crippen LogP contribution is 2.47. The lowest BCUT2D eigenvalue weighted by Gasteiger charge is -2.27. The predicted molar refractivity (Wildman–Crippen MR) is 127 cm³/mol. The van der Waals surface area contributed by atoms with Crippen molar-refractivity contribution < 1.29 is 13.9 Å². The minimum absolute atomic E-state index is 0.243. The molecule has 1 aliphatic rings. The summed E-state index contributed by atoms with van der Waals surface area (Å²) in [4.78, 5) is 19.8. The van der Waals surface area contributed by atoms with Crippen LogP contribution >= 0.6 is 23.2 Å². The summed E-state index contributed by atoms with van der Waals surface area (Å²) in [7, 11) is 1.59. The van der Waals surface area contributed by atoms with E-state index in [4.69, 9.17) is 33.7 Å². The van der Waals surface area contributed by atoms with E-state index < -0.39 is 11.9 Å². The van der Waals surface area contributed by atoms with Gasteiger partial charge in [-0.25, -0.2) is 9.37 Å². The van der Waals surface area contributed by atoms with Gasteiger partial charge in [0.15, 0.2) is 0 Å². The van der Waals surface area contributed by atoms with Gasteiger partial charge < -0.3 is 15.4 Å². The maximum Gasteiger partial charge on any atom is 0.256 e. The van der Waals surface area contributed by atoms with E-state index in [1.54, 1.807) is 30.2 Å². The molecule has 2 heterocycles. The van der Waals surface area contributed by atoms with Crippen molar-refractivity contribution >= 4 is 45.7 Å². The maximum atomic E-state index is 14.3. The highest BCUT2D eigenvalue weighted by Gasteiger charge is 2.41. The number of hydrogen-bond acceptors (Lipinski definition) is 4. The molecule has 2 N–H and O–H groups in total. The van der Waals surface area contributed by atoms with Crippen LogP contribution < -0.4 is 10.5 Å². The number of fused-ring (bicyclic) bond motifs is 3. The van der Waals surface area contributed by atoms with Gasteiger partial charge in [0.05, 0.1) is 24.2 Å². The summed E-state index contributed by atoms with van der Waals surface area (Å²) in [6.45, 7) is 0.261. The van der Waals surface area contributed by atoms with E-state index in [0.29, 0.717) is 49.2 Å². The van der Waals surface area contributed by atoms with Crippen LogP contribution in [0.15, 0.2) is 60.7 Å². The first-order chi connectivity index (χ1) is 15.9. The van der Waals surface area contributed by atoms with Gasteiger partial charge >= 0.3 is 0 Å². The van der Waals surface area contributed by atoms with Crippen LogP contribution in [0.25, 0.3) is 10.9 Å². The smallest absolute Gasteiger partial charge is 0.256 e. The molecule has 4 aromatic rings. The third kappa shape index (κ3) is 3.65. The molecule has 0 fully saturated rings. The number of amides is 1. The third-order valence-corrected chi connectivity index (χ3v) is 6.41. The zero-order valence-corrected chi connectivity index (χ0v) is 19.0. The van der Waals surface area contributed by atoms with Gasteiger partial charge in [-0.2, -0.15) is 0 Å². The Hall–Kier alpha value is -3.35. The molecule has 1 aromatic heterocycles. The van der Waals surface area contributed by atoms with Gasteiger partial charge in [-0.1, -0.05) is 35.3 Å². The van der Waals surface area contributed by atoms with E-state index >= 15 is 0 Å². The molecule has 3 aromatic carbocycles. The lowest BCUT2D eigenvalue weighted by atomic mass is 9.93. The van der Waals surface area contributed by atoms with Crippen LogP contribution in [0.4, 0.5) is 10.1 Å². The Morgan fingerprint density at radius 3 is 2.58 bits per heavy atom. The van der Waals surface area contributed by atoms with Crippen molar-refractivity contribution in [2.24, 2.45) is 0 Å². The molecule has 33 heavy (non-hydrogen) atoms. The lowest BCUT2D eigenvalue weighted by molar-refractivity contribution is 0.0737. The number of anilines is 1. The summed E-state index contributed by atoms with van der Waals surface area (Å²) in [6.07, 6.45) is 0. The molecule has 1 aliphatic heterocycles. The number of carbonyl (C=O) groups is 1. The second-order valence-corrected chi connectivity index (χ2v) is 8.60. The molecule has 1 amide bonds. The number of nitrogens with zero attached hydrogens (tertiary/aromatic N) is 2. The molecule has 5 nitrogen and oxygen atoms in total. The van der Waals surface area contributed by atoms with Gasteiger partial charge in [0.25, 0.3) is 5.91 Å². The lowest BCUT2D eigenvalue weighted by Crippen LogP contribution is -2.28. The van der Waals surface area contributed by atoms with E-state index in [1.807, 2.05) is 24.3 Å². The number of rotatable bonds is 4. The molecular weight excluding hydrogens is 464 g/mol. The Morgan fingerprint density at radius 1 is 1.09 bits per heavy atom. The summed E-state index contributed by atoms with van der Waals surface area (Å²) in [5.74, 6) is 0.0118. The van der Waals surface area contributed by atoms with Crippen molar-refractivity contribution in [2.45, 2.75) is 12.6 Å². The summed E-state index contributed by atoms with van der Waals surface area (Å²) >= 11 is 12.6. The zero-order chi connectivity index (χ0) is 23.3. The van der Waals surface area contributed by atoms with Crippen LogP contribution in [0, 0.1) is 5.82 Å². The van der Waals surface area contributed by atoms with Crippen LogP contribution in [0.2, 0.25) is 10.2 Å². The van der Waals surface area contributed by atoms with Crippen LogP contribution in [-0.4, -0.2) is 22.9 Å². The molecule has 1 unspecified atom stereocenters. The molecule has 0 radical (unpaired) electrons. The fraction of sp³-hybridized carbons (Fsp3) is 0.120. The minimum atomic E-state index is -0.669. The Labute approximate surface area is 199 Å². The van der Waals surface area contributed by atoms with Gasteiger partial charge in [0.1, 0.15) is 16.7 Å². The second kappa shape index (κ2) is 8.21. The normalized spacial score (nSPS) is 15.2. The molecular formula is C25H18Cl2FN3O2. The van der Waals surface area contributed by atoms with E-state index in [-0.39, 0.29) is 12.5 Å². The largest absolute Gasteiger partial charge is 0.497 e. The topological polar surface area (TPSA) is 68.5 Å². The highest BCUT2D eigenvalue weighted by atomic mass is 35.5. The Morgan fingerprint density at radius 2 is 1.85 bits per heavy atom. The average Bonchev–Trinajstić information content (AvgIpc) is 3.08. The van der Waals surface area contributed by atoms with Crippen LogP contribution in [0.3, 0.4) is 0 Å². The number of halogens is 3. The van der Waals surface area contributed by atoms with Crippen molar-refractivity contribution in [1.29, 1.82) is 0 Å². The number of benzene rings is 3. The van der Waals surface area contributed by atoms with Crippen LogP contribution in [0.5, 0.6) is 5.75 Å². The van der Waals surface area contributed by atoms with Gasteiger partial charge in [-0.05, 0) is 54.1 Å². The number of ether oxygens (including phenoxy) is 1. The molecule has 0 spiro atoms. The maximum absolute atomic E-state index is 14.3. The molecule has 166 valence electrons. The van der Waals surface area contributed by atoms with E-state index in [2.05, 4.69) is 4.98 Å². The summed E-state index contributed by atoms with van der Waals surface area (Å²) in [5, 5.41) is 1.27. The number of nitrogens with two attached hydrogens (primary N) is 1. The molecule has 0 bridgehead atoms. The fourth-order valence-corrected chi connectivity index (χ4v) is 4.74. The first-order valence-corrected chi connectivity index (χ1v) is 10.9. The van der Waals surface area contributed by atoms with Crippen LogP contribution in [0.1, 0.15) is 33.1 Å². The SMILES string of the molecule is COc1ccc(CN2C(=O)c3c(c(N)cc4nc(Cl)ccc34)C2c2cc(F)ccc2Cl)cc1. The first-order valence-electron chi connectivity index (χ1n) is 10.1. The highest BCUT2D eigenvalue weighted by molar-refractivity contribution is 6.31. The van der Waals surface area contributed by atoms with Crippen molar-refractivity contribution in [3.63, 3.8) is 0 Å². The molecule has 0 aliphatic carbocycles. The van der Waals surface area contributed by atoms with Gasteiger partial charge in [0, 0.05) is 33.8 Å². The molecule has 5 rings (SSSR count). The first kappa shape index (κ1) is 21.5. The summed E-state index contributed by atoms with van der Waals surface area (Å²) in [5.41, 5.74) is 9.67. The molecule has 1 atom stereocenters. The summed E-state index contributed by atoms with van der Waals surface area (Å²) in [6, 6.07) is 15.9. The number of pyridine rings is 1. The number of nitrogen functional groups attached to an aromatic ring is 1. The van der Waals surface area contributed by atoms with Crippen LogP contribution in [-0.2, 0) is 6.54 Å². The predicted octanol–water partition coefficient (Wildman–Crippen LogP) is 6.02. The fourth-order valence-electron chi connectivity index (χ4n) is 4.37. The minimum Gasteiger partial charge on any atom is -0.497 e. The Balaban J connectivity index is 1.73. The van der Waals surface area contributed by atoms with Crippen molar-refractivity contribution in [2.75, 3.05) is 12.8 Å². The molecule has 8 heteroatoms. The van der Waals surface area contributed by atoms with Gasteiger partial charge in [-0.15, -0.1) is 0 Å². The Kier molecular flexibility index (Phi) is 5.35. The standard InChI is InChI=1S/C25H18Cl2FN3O2/c1-33-15-5-2-13(3-6-15)12-31-24(17-10-14(28)4-8-18(17)26)23-19(29)11-20-16(22(23)25(31)32)7-9-21(27)30-20/h2-11,24H,12,29H2,1H3. The zero-order valence-electron chi connectivity index (χ0n) is 17.5. The number of hydrogen-bond donors (Lipinski definition) is 1. The van der Waals surface area contributed by atoms with E-state index in [0.717, 1.165) is 5.56 Å². The summed E-state index contributed by atoms with van der Waals surface area (Å²) < 4.78 is 19.5. The van der Waals surface area contributed by atoms with Crippen molar-refractivity contribution in [3.05, 3.63) is 98.9 Å². The average molecular weight is 482 g/mol. The quantitative estimate of drug-likeness (QED) is 0.286. The monoisotopic (exact) mass is 481 g/mol. The number of methoxy groups -OCH3 is 1. The van der Waals surface area contributed by atoms with E-state index in [1.165, 1.54) is 18.2 Å². The Bertz CT molecular complexity index is 1410. The molecule has 0 saturated heterocycles. The molecule has 0 saturated carbocycles. The van der Waals surface area contributed by atoms with E-state index in [9.17, 15) is 9.18 Å². The number of aromatic nitrogens is 1. The second-order valence-electron chi connectivity index (χ2n) is 7.80. The van der Waals surface area contributed by atoms with Crippen molar-refractivity contribution in [1.82, 2.24) is 9.88 Å². The third-order valence-electron chi connectivity index (χ3n) is 5.86. The van der Waals surface area contributed by atoms with Gasteiger partial charge in [-0.3, -0.25) is 4.79 Å². The van der Waals surface area contributed by atoms with Crippen molar-refractivity contribution in [3.8, 4) is 5.75 Å².